The van der Waals surface area contributed by atoms with Crippen molar-refractivity contribution in [2.24, 2.45) is 0 Å². The minimum Gasteiger partial charge on any atom is -0.336 e. The van der Waals surface area contributed by atoms with Gasteiger partial charge in [0.25, 0.3) is 5.91 Å². The highest BCUT2D eigenvalue weighted by Crippen LogP contribution is 2.24. The van der Waals surface area contributed by atoms with E-state index in [1.54, 1.807) is 18.0 Å². The van der Waals surface area contributed by atoms with Gasteiger partial charge < -0.3 is 9.80 Å². The molecule has 0 aliphatic heterocycles. The lowest BCUT2D eigenvalue weighted by Gasteiger charge is -2.23. The molecule has 1 heterocycles. The summed E-state index contributed by atoms with van der Waals surface area (Å²) < 4.78 is 0. The van der Waals surface area contributed by atoms with E-state index in [9.17, 15) is 4.79 Å². The maximum atomic E-state index is 12.8. The van der Waals surface area contributed by atoms with Gasteiger partial charge in [-0.2, -0.15) is 0 Å². The van der Waals surface area contributed by atoms with Crippen molar-refractivity contribution in [1.29, 1.82) is 0 Å². The normalized spacial score (nSPS) is 10.5. The first kappa shape index (κ1) is 18.6. The SMILES string of the molecule is CCN(c1cccc(C)c1)c1cc(C(=O)N(C)Cc2ccccc2)ncn1. The topological polar surface area (TPSA) is 49.3 Å². The maximum Gasteiger partial charge on any atom is 0.272 e. The highest BCUT2D eigenvalue weighted by atomic mass is 16.2. The number of rotatable bonds is 6. The molecular formula is C22H24N4O. The fourth-order valence-corrected chi connectivity index (χ4v) is 3.01. The lowest BCUT2D eigenvalue weighted by atomic mass is 10.2. The average molecular weight is 360 g/mol. The van der Waals surface area contributed by atoms with Crippen molar-refractivity contribution in [3.05, 3.63) is 83.8 Å². The Hall–Kier alpha value is -3.21. The fourth-order valence-electron chi connectivity index (χ4n) is 3.01. The van der Waals surface area contributed by atoms with Crippen LogP contribution in [-0.4, -0.2) is 34.4 Å². The molecule has 5 heteroatoms. The molecule has 0 saturated carbocycles. The van der Waals surface area contributed by atoms with Crippen LogP contribution in [0, 0.1) is 6.92 Å². The van der Waals surface area contributed by atoms with Gasteiger partial charge in [-0.3, -0.25) is 4.79 Å². The van der Waals surface area contributed by atoms with Gasteiger partial charge >= 0.3 is 0 Å². The summed E-state index contributed by atoms with van der Waals surface area (Å²) in [6, 6.07) is 19.9. The third kappa shape index (κ3) is 4.50. The molecule has 27 heavy (non-hydrogen) atoms. The van der Waals surface area contributed by atoms with Crippen LogP contribution in [0.15, 0.2) is 67.0 Å². The molecule has 1 aromatic heterocycles. The first-order valence-electron chi connectivity index (χ1n) is 9.04. The van der Waals surface area contributed by atoms with E-state index in [0.717, 1.165) is 23.6 Å². The van der Waals surface area contributed by atoms with Crippen molar-refractivity contribution in [3.8, 4) is 0 Å². The monoisotopic (exact) mass is 360 g/mol. The molecule has 5 nitrogen and oxygen atoms in total. The van der Waals surface area contributed by atoms with E-state index in [1.807, 2.05) is 42.5 Å². The van der Waals surface area contributed by atoms with Crippen molar-refractivity contribution >= 4 is 17.4 Å². The van der Waals surface area contributed by atoms with Crippen molar-refractivity contribution < 1.29 is 4.79 Å². The summed E-state index contributed by atoms with van der Waals surface area (Å²) in [4.78, 5) is 25.2. The number of hydrogen-bond acceptors (Lipinski definition) is 4. The van der Waals surface area contributed by atoms with E-state index < -0.39 is 0 Å². The number of nitrogens with zero attached hydrogens (tertiary/aromatic N) is 4. The molecule has 0 aliphatic rings. The predicted octanol–water partition coefficient (Wildman–Crippen LogP) is 4.22. The Morgan fingerprint density at radius 1 is 1.00 bits per heavy atom. The van der Waals surface area contributed by atoms with Gasteiger partial charge in [-0.05, 0) is 37.1 Å². The number of benzene rings is 2. The summed E-state index contributed by atoms with van der Waals surface area (Å²) in [5.41, 5.74) is 3.70. The van der Waals surface area contributed by atoms with Crippen LogP contribution in [0.2, 0.25) is 0 Å². The molecule has 0 aliphatic carbocycles. The minimum atomic E-state index is -0.122. The molecule has 3 rings (SSSR count). The molecule has 0 spiro atoms. The molecule has 0 fully saturated rings. The third-order valence-corrected chi connectivity index (χ3v) is 4.39. The predicted molar refractivity (Wildman–Crippen MR) is 108 cm³/mol. The van der Waals surface area contributed by atoms with Crippen LogP contribution >= 0.6 is 0 Å². The van der Waals surface area contributed by atoms with Gasteiger partial charge in [0.2, 0.25) is 0 Å². The molecule has 0 saturated heterocycles. The molecule has 0 N–H and O–H groups in total. The van der Waals surface area contributed by atoms with Gasteiger partial charge in [0.05, 0.1) is 0 Å². The number of aromatic nitrogens is 2. The summed E-state index contributed by atoms with van der Waals surface area (Å²) in [5, 5.41) is 0. The Morgan fingerprint density at radius 3 is 2.48 bits per heavy atom. The van der Waals surface area contributed by atoms with E-state index >= 15 is 0 Å². The second-order valence-corrected chi connectivity index (χ2v) is 6.49. The fraction of sp³-hybridized carbons (Fsp3) is 0.227. The number of carbonyl (C=O) groups excluding carboxylic acids is 1. The summed E-state index contributed by atoms with van der Waals surface area (Å²) in [6.45, 7) is 5.40. The first-order valence-corrected chi connectivity index (χ1v) is 9.04. The zero-order valence-electron chi connectivity index (χ0n) is 16.0. The van der Waals surface area contributed by atoms with Crippen LogP contribution in [0.4, 0.5) is 11.5 Å². The number of hydrogen-bond donors (Lipinski definition) is 0. The first-order chi connectivity index (χ1) is 13.1. The Bertz CT molecular complexity index is 911. The third-order valence-electron chi connectivity index (χ3n) is 4.39. The van der Waals surface area contributed by atoms with Gasteiger partial charge in [-0.1, -0.05) is 42.5 Å². The van der Waals surface area contributed by atoms with Crippen molar-refractivity contribution in [2.45, 2.75) is 20.4 Å². The molecule has 0 radical (unpaired) electrons. The smallest absolute Gasteiger partial charge is 0.272 e. The van der Waals surface area contributed by atoms with Gasteiger partial charge in [0.15, 0.2) is 0 Å². The lowest BCUT2D eigenvalue weighted by molar-refractivity contribution is 0.0779. The van der Waals surface area contributed by atoms with Crippen LogP contribution in [0.1, 0.15) is 28.5 Å². The molecule has 0 unspecified atom stereocenters. The van der Waals surface area contributed by atoms with Crippen molar-refractivity contribution in [2.75, 3.05) is 18.5 Å². The highest BCUT2D eigenvalue weighted by molar-refractivity contribution is 5.92. The van der Waals surface area contributed by atoms with Crippen LogP contribution in [-0.2, 0) is 6.54 Å². The van der Waals surface area contributed by atoms with E-state index in [1.165, 1.54) is 11.9 Å². The molecule has 0 atom stereocenters. The van der Waals surface area contributed by atoms with Gasteiger partial charge in [-0.15, -0.1) is 0 Å². The molecule has 3 aromatic rings. The van der Waals surface area contributed by atoms with E-state index in [2.05, 4.69) is 40.8 Å². The van der Waals surface area contributed by atoms with Crippen LogP contribution < -0.4 is 4.90 Å². The highest BCUT2D eigenvalue weighted by Gasteiger charge is 2.17. The zero-order chi connectivity index (χ0) is 19.2. The Kier molecular flexibility index (Phi) is 5.81. The Morgan fingerprint density at radius 2 is 1.78 bits per heavy atom. The second kappa shape index (κ2) is 8.45. The van der Waals surface area contributed by atoms with E-state index in [-0.39, 0.29) is 5.91 Å². The van der Waals surface area contributed by atoms with Crippen LogP contribution in [0.25, 0.3) is 0 Å². The lowest BCUT2D eigenvalue weighted by Crippen LogP contribution is -2.27. The number of carbonyl (C=O) groups is 1. The maximum absolute atomic E-state index is 12.8. The van der Waals surface area contributed by atoms with Crippen molar-refractivity contribution in [1.82, 2.24) is 14.9 Å². The summed E-state index contributed by atoms with van der Waals surface area (Å²) >= 11 is 0. The van der Waals surface area contributed by atoms with Crippen LogP contribution in [0.5, 0.6) is 0 Å². The molecule has 0 bridgehead atoms. The largest absolute Gasteiger partial charge is 0.336 e. The summed E-state index contributed by atoms with van der Waals surface area (Å²) in [6.07, 6.45) is 1.46. The second-order valence-electron chi connectivity index (χ2n) is 6.49. The average Bonchev–Trinajstić information content (AvgIpc) is 2.69. The standard InChI is InChI=1S/C22H24N4O/c1-4-26(19-12-8-9-17(2)13-19)21-14-20(23-16-24-21)22(27)25(3)15-18-10-6-5-7-11-18/h5-14,16H,4,15H2,1-3H3. The number of amides is 1. The van der Waals surface area contributed by atoms with E-state index in [0.29, 0.717) is 12.2 Å². The molecular weight excluding hydrogens is 336 g/mol. The summed E-state index contributed by atoms with van der Waals surface area (Å²) in [7, 11) is 1.79. The Balaban J connectivity index is 1.82. The molecule has 2 aromatic carbocycles. The summed E-state index contributed by atoms with van der Waals surface area (Å²) in [5.74, 6) is 0.595. The quantitative estimate of drug-likeness (QED) is 0.660. The van der Waals surface area contributed by atoms with E-state index in [4.69, 9.17) is 0 Å². The van der Waals surface area contributed by atoms with Gasteiger partial charge in [0, 0.05) is 31.9 Å². The van der Waals surface area contributed by atoms with Gasteiger partial charge in [0.1, 0.15) is 17.8 Å². The zero-order valence-corrected chi connectivity index (χ0v) is 16.0. The number of anilines is 2. The Labute approximate surface area is 160 Å². The molecule has 138 valence electrons. The number of aryl methyl sites for hydroxylation is 1. The minimum absolute atomic E-state index is 0.122. The van der Waals surface area contributed by atoms with Gasteiger partial charge in [-0.25, -0.2) is 9.97 Å². The van der Waals surface area contributed by atoms with Crippen molar-refractivity contribution in [3.63, 3.8) is 0 Å². The van der Waals surface area contributed by atoms with Crippen LogP contribution in [0.3, 0.4) is 0 Å². The molecule has 1 amide bonds.